The molecule has 0 bridgehead atoms. The summed E-state index contributed by atoms with van der Waals surface area (Å²) in [6, 6.07) is 0. The van der Waals surface area contributed by atoms with Gasteiger partial charge in [-0.05, 0) is 80.1 Å². The van der Waals surface area contributed by atoms with Gasteiger partial charge < -0.3 is 5.11 Å². The van der Waals surface area contributed by atoms with E-state index >= 15 is 0 Å². The Morgan fingerprint density at radius 2 is 1.79 bits per heavy atom. The topological polar surface area (TPSA) is 37.3 Å². The molecule has 6 atom stereocenters. The number of carbonyl (C=O) groups excluding carboxylic acids is 1. The van der Waals surface area contributed by atoms with Crippen molar-refractivity contribution in [1.82, 2.24) is 0 Å². The second-order valence-corrected chi connectivity index (χ2v) is 10.1. The zero-order valence-corrected chi connectivity index (χ0v) is 15.9. The van der Waals surface area contributed by atoms with Gasteiger partial charge in [-0.25, -0.2) is 0 Å². The van der Waals surface area contributed by atoms with Crippen LogP contribution in [0, 0.1) is 34.5 Å². The number of ketones is 1. The van der Waals surface area contributed by atoms with E-state index < -0.39 is 5.60 Å². The summed E-state index contributed by atoms with van der Waals surface area (Å²) < 4.78 is 0. The summed E-state index contributed by atoms with van der Waals surface area (Å²) in [5.74, 6) is 2.92. The highest BCUT2D eigenvalue weighted by Gasteiger charge is 2.65. The predicted octanol–water partition coefficient (Wildman–Crippen LogP) is 4.91. The third kappa shape index (κ3) is 1.95. The monoisotopic (exact) mass is 330 g/mol. The molecule has 3 saturated carbocycles. The van der Waals surface area contributed by atoms with Crippen LogP contribution in [0.5, 0.6) is 0 Å². The molecular weight excluding hydrogens is 296 g/mol. The quantitative estimate of drug-likeness (QED) is 0.742. The average molecular weight is 331 g/mol. The fourth-order valence-corrected chi connectivity index (χ4v) is 7.64. The number of rotatable bonds is 1. The highest BCUT2D eigenvalue weighted by atomic mass is 16.3. The summed E-state index contributed by atoms with van der Waals surface area (Å²) >= 11 is 0. The number of fused-ring (bicyclic) bond motifs is 5. The second kappa shape index (κ2) is 5.19. The Labute approximate surface area is 147 Å². The van der Waals surface area contributed by atoms with Crippen molar-refractivity contribution in [3.05, 3.63) is 11.6 Å². The molecule has 2 unspecified atom stereocenters. The van der Waals surface area contributed by atoms with Gasteiger partial charge in [0.2, 0.25) is 0 Å². The summed E-state index contributed by atoms with van der Waals surface area (Å²) in [6.07, 6.45) is 10.2. The van der Waals surface area contributed by atoms with Crippen LogP contribution < -0.4 is 0 Å². The molecule has 0 heterocycles. The molecule has 0 aromatic carbocycles. The molecule has 0 aliphatic heterocycles. The summed E-state index contributed by atoms with van der Waals surface area (Å²) in [4.78, 5) is 11.9. The molecule has 4 aliphatic rings. The van der Waals surface area contributed by atoms with E-state index in [9.17, 15) is 9.90 Å². The van der Waals surface area contributed by atoms with Crippen molar-refractivity contribution in [2.45, 2.75) is 84.7 Å². The molecule has 0 aromatic rings. The van der Waals surface area contributed by atoms with E-state index in [-0.39, 0.29) is 11.2 Å². The van der Waals surface area contributed by atoms with Gasteiger partial charge in [0.15, 0.2) is 5.78 Å². The van der Waals surface area contributed by atoms with Crippen molar-refractivity contribution in [1.29, 1.82) is 0 Å². The van der Waals surface area contributed by atoms with Gasteiger partial charge in [-0.2, -0.15) is 0 Å². The van der Waals surface area contributed by atoms with E-state index in [1.165, 1.54) is 18.4 Å². The fraction of sp³-hybridized carbons (Fsp3) is 0.864. The number of carbonyl (C=O) groups is 1. The number of aliphatic hydroxyl groups is 1. The molecule has 3 fully saturated rings. The van der Waals surface area contributed by atoms with E-state index in [4.69, 9.17) is 0 Å². The Kier molecular flexibility index (Phi) is 3.64. The minimum Gasteiger partial charge on any atom is -0.389 e. The van der Waals surface area contributed by atoms with E-state index in [1.807, 2.05) is 6.08 Å². The van der Waals surface area contributed by atoms with Crippen LogP contribution in [-0.2, 0) is 4.79 Å². The lowest BCUT2D eigenvalue weighted by Crippen LogP contribution is -2.63. The highest BCUT2D eigenvalue weighted by molar-refractivity contribution is 5.91. The minimum atomic E-state index is -0.589. The third-order valence-electron chi connectivity index (χ3n) is 9.03. The SMILES string of the molecule is CC(C)[C@H]1CCC2C3CCC4=CC(=O)CC[C@]4(C)[C@@]3(O)CC[C@@]21C. The Morgan fingerprint density at radius 3 is 2.50 bits per heavy atom. The van der Waals surface area contributed by atoms with Crippen LogP contribution in [0.1, 0.15) is 79.1 Å². The zero-order chi connectivity index (χ0) is 17.3. The Balaban J connectivity index is 1.72. The van der Waals surface area contributed by atoms with Crippen molar-refractivity contribution in [3.8, 4) is 0 Å². The van der Waals surface area contributed by atoms with Crippen LogP contribution in [-0.4, -0.2) is 16.5 Å². The summed E-state index contributed by atoms with van der Waals surface area (Å²) in [5.41, 5.74) is 0.904. The Bertz CT molecular complexity index is 591. The smallest absolute Gasteiger partial charge is 0.155 e. The number of hydrogen-bond donors (Lipinski definition) is 1. The molecule has 1 N–H and O–H groups in total. The maximum Gasteiger partial charge on any atom is 0.155 e. The lowest BCUT2D eigenvalue weighted by atomic mass is 9.44. The molecule has 4 rings (SSSR count). The van der Waals surface area contributed by atoms with Gasteiger partial charge in [0, 0.05) is 11.8 Å². The van der Waals surface area contributed by atoms with Gasteiger partial charge in [0.05, 0.1) is 5.60 Å². The van der Waals surface area contributed by atoms with Gasteiger partial charge in [-0.1, -0.05) is 33.3 Å². The van der Waals surface area contributed by atoms with Crippen LogP contribution in [0.4, 0.5) is 0 Å². The zero-order valence-electron chi connectivity index (χ0n) is 15.9. The molecule has 0 amide bonds. The van der Waals surface area contributed by atoms with Gasteiger partial charge in [-0.3, -0.25) is 4.79 Å². The van der Waals surface area contributed by atoms with E-state index in [0.717, 1.165) is 43.9 Å². The molecule has 0 saturated heterocycles. The molecule has 24 heavy (non-hydrogen) atoms. The molecule has 0 aromatic heterocycles. The first kappa shape index (κ1) is 16.8. The van der Waals surface area contributed by atoms with E-state index in [2.05, 4.69) is 27.7 Å². The summed E-state index contributed by atoms with van der Waals surface area (Å²) in [5, 5.41) is 12.0. The van der Waals surface area contributed by atoms with Crippen molar-refractivity contribution < 1.29 is 9.90 Å². The lowest BCUT2D eigenvalue weighted by Gasteiger charge is -2.63. The number of hydrogen-bond acceptors (Lipinski definition) is 2. The van der Waals surface area contributed by atoms with Crippen LogP contribution in [0.3, 0.4) is 0 Å². The minimum absolute atomic E-state index is 0.166. The summed E-state index contributed by atoms with van der Waals surface area (Å²) in [6.45, 7) is 9.55. The maximum absolute atomic E-state index is 12.0. The molecule has 0 radical (unpaired) electrons. The normalized spacial score (nSPS) is 51.0. The molecule has 2 heteroatoms. The molecule has 0 spiro atoms. The van der Waals surface area contributed by atoms with Crippen LogP contribution in [0.25, 0.3) is 0 Å². The lowest BCUT2D eigenvalue weighted by molar-refractivity contribution is -0.193. The Morgan fingerprint density at radius 1 is 1.04 bits per heavy atom. The third-order valence-corrected chi connectivity index (χ3v) is 9.03. The van der Waals surface area contributed by atoms with Gasteiger partial charge in [-0.15, -0.1) is 0 Å². The first-order valence-electron chi connectivity index (χ1n) is 10.2. The van der Waals surface area contributed by atoms with Gasteiger partial charge >= 0.3 is 0 Å². The van der Waals surface area contributed by atoms with Crippen molar-refractivity contribution >= 4 is 5.78 Å². The first-order valence-corrected chi connectivity index (χ1v) is 10.2. The van der Waals surface area contributed by atoms with Crippen LogP contribution in [0.2, 0.25) is 0 Å². The molecule has 134 valence electrons. The standard InChI is InChI=1S/C22H34O2/c1-14(2)17-7-8-18-19-6-5-15-13-16(23)9-10-21(15,4)22(19,24)12-11-20(17,18)3/h13-14,17-19,24H,5-12H2,1-4H3/t17-,18?,19?,20-,21+,22-/m1/s1. The van der Waals surface area contributed by atoms with Crippen LogP contribution >= 0.6 is 0 Å². The van der Waals surface area contributed by atoms with Crippen molar-refractivity contribution in [2.75, 3.05) is 0 Å². The molecule has 2 nitrogen and oxygen atoms in total. The van der Waals surface area contributed by atoms with Gasteiger partial charge in [0.1, 0.15) is 0 Å². The van der Waals surface area contributed by atoms with E-state index in [1.54, 1.807) is 0 Å². The van der Waals surface area contributed by atoms with Crippen LogP contribution in [0.15, 0.2) is 11.6 Å². The Hall–Kier alpha value is -0.630. The maximum atomic E-state index is 12.0. The highest BCUT2D eigenvalue weighted by Crippen LogP contribution is 2.68. The molecular formula is C22H34O2. The van der Waals surface area contributed by atoms with Crippen molar-refractivity contribution in [2.24, 2.45) is 34.5 Å². The largest absolute Gasteiger partial charge is 0.389 e. The predicted molar refractivity (Wildman–Crippen MR) is 96.5 cm³/mol. The summed E-state index contributed by atoms with van der Waals surface area (Å²) in [7, 11) is 0. The second-order valence-electron chi connectivity index (χ2n) is 10.1. The average Bonchev–Trinajstić information content (AvgIpc) is 2.87. The van der Waals surface area contributed by atoms with E-state index in [0.29, 0.717) is 23.7 Å². The fourth-order valence-electron chi connectivity index (χ4n) is 7.64. The van der Waals surface area contributed by atoms with Crippen molar-refractivity contribution in [3.63, 3.8) is 0 Å². The molecule has 4 aliphatic carbocycles. The first-order chi connectivity index (χ1) is 11.2. The van der Waals surface area contributed by atoms with Gasteiger partial charge in [0.25, 0.3) is 0 Å².